The first kappa shape index (κ1) is 23.3. The standard InChI is InChI=1S/C25H26BrN3O3/c1-4-31-23-13-20(15-27-29-25(30)28-22-11-6-5-9-18(22)3)21(26)14-24(23)32-16-19-10-7-8-17(2)12-19/h5-15H,4,16H2,1-3H3,(H2,28,29,30). The molecule has 0 spiro atoms. The third-order valence-corrected chi connectivity index (χ3v) is 5.29. The van der Waals surface area contributed by atoms with E-state index in [0.717, 1.165) is 26.9 Å². The molecule has 0 bridgehead atoms. The number of ether oxygens (including phenoxy) is 2. The zero-order valence-electron chi connectivity index (χ0n) is 18.3. The largest absolute Gasteiger partial charge is 0.490 e. The zero-order chi connectivity index (χ0) is 22.9. The number of nitrogens with zero attached hydrogens (tertiary/aromatic N) is 1. The van der Waals surface area contributed by atoms with E-state index in [2.05, 4.69) is 50.8 Å². The lowest BCUT2D eigenvalue weighted by atomic mass is 10.1. The van der Waals surface area contributed by atoms with Crippen LogP contribution < -0.4 is 20.2 Å². The lowest BCUT2D eigenvalue weighted by Crippen LogP contribution is -2.24. The highest BCUT2D eigenvalue weighted by atomic mass is 79.9. The van der Waals surface area contributed by atoms with Crippen molar-refractivity contribution in [3.05, 3.63) is 87.4 Å². The zero-order valence-corrected chi connectivity index (χ0v) is 19.9. The summed E-state index contributed by atoms with van der Waals surface area (Å²) in [6, 6.07) is 19.0. The Bertz CT molecular complexity index is 1120. The quantitative estimate of drug-likeness (QED) is 0.288. The van der Waals surface area contributed by atoms with Crippen LogP contribution in [-0.4, -0.2) is 18.9 Å². The number of hydrogen-bond donors (Lipinski definition) is 2. The number of hydrogen-bond acceptors (Lipinski definition) is 4. The van der Waals surface area contributed by atoms with E-state index in [1.54, 1.807) is 6.21 Å². The van der Waals surface area contributed by atoms with Crippen molar-refractivity contribution in [3.8, 4) is 11.5 Å². The van der Waals surface area contributed by atoms with Crippen LogP contribution in [0.5, 0.6) is 11.5 Å². The molecule has 32 heavy (non-hydrogen) atoms. The molecule has 7 heteroatoms. The molecule has 0 saturated carbocycles. The molecule has 0 heterocycles. The molecule has 0 saturated heterocycles. The lowest BCUT2D eigenvalue weighted by Gasteiger charge is -2.14. The van der Waals surface area contributed by atoms with Crippen molar-refractivity contribution in [2.75, 3.05) is 11.9 Å². The Labute approximate surface area is 196 Å². The molecule has 0 atom stereocenters. The predicted octanol–water partition coefficient (Wildman–Crippen LogP) is 6.20. The molecule has 6 nitrogen and oxygen atoms in total. The summed E-state index contributed by atoms with van der Waals surface area (Å²) in [5.41, 5.74) is 7.19. The fourth-order valence-electron chi connectivity index (χ4n) is 3.02. The SMILES string of the molecule is CCOc1cc(C=NNC(=O)Nc2ccccc2C)c(Br)cc1OCc1cccc(C)c1. The molecule has 2 N–H and O–H groups in total. The highest BCUT2D eigenvalue weighted by Crippen LogP contribution is 2.34. The number of halogens is 1. The van der Waals surface area contributed by atoms with Crippen molar-refractivity contribution < 1.29 is 14.3 Å². The van der Waals surface area contributed by atoms with Crippen molar-refractivity contribution in [1.82, 2.24) is 5.43 Å². The molecule has 0 aliphatic carbocycles. The second-order valence-electron chi connectivity index (χ2n) is 7.17. The lowest BCUT2D eigenvalue weighted by molar-refractivity contribution is 0.252. The molecule has 0 aromatic heterocycles. The number of benzene rings is 3. The number of urea groups is 1. The predicted molar refractivity (Wildman–Crippen MR) is 132 cm³/mol. The van der Waals surface area contributed by atoms with Crippen LogP contribution in [0.1, 0.15) is 29.2 Å². The van der Waals surface area contributed by atoms with Gasteiger partial charge in [-0.3, -0.25) is 0 Å². The van der Waals surface area contributed by atoms with Gasteiger partial charge in [0.15, 0.2) is 11.5 Å². The minimum atomic E-state index is -0.421. The van der Waals surface area contributed by atoms with Crippen molar-refractivity contribution in [2.45, 2.75) is 27.4 Å². The average Bonchev–Trinajstić information content (AvgIpc) is 2.76. The molecular formula is C25H26BrN3O3. The van der Waals surface area contributed by atoms with Gasteiger partial charge in [-0.25, -0.2) is 10.2 Å². The van der Waals surface area contributed by atoms with E-state index in [1.807, 2.05) is 62.4 Å². The normalized spacial score (nSPS) is 10.8. The van der Waals surface area contributed by atoms with Crippen molar-refractivity contribution in [1.29, 1.82) is 0 Å². The fraction of sp³-hybridized carbons (Fsp3) is 0.200. The number of carbonyl (C=O) groups excluding carboxylic acids is 1. The third-order valence-electron chi connectivity index (χ3n) is 4.60. The van der Waals surface area contributed by atoms with Crippen LogP contribution in [0.4, 0.5) is 10.5 Å². The van der Waals surface area contributed by atoms with Crippen LogP contribution in [0.2, 0.25) is 0 Å². The summed E-state index contributed by atoms with van der Waals surface area (Å²) in [7, 11) is 0. The Hall–Kier alpha value is -3.32. The number of carbonyl (C=O) groups is 1. The van der Waals surface area contributed by atoms with Gasteiger partial charge in [-0.15, -0.1) is 0 Å². The second kappa shape index (κ2) is 11.3. The summed E-state index contributed by atoms with van der Waals surface area (Å²) in [4.78, 5) is 12.1. The van der Waals surface area contributed by atoms with Crippen molar-refractivity contribution in [2.24, 2.45) is 5.10 Å². The molecular weight excluding hydrogens is 470 g/mol. The highest BCUT2D eigenvalue weighted by molar-refractivity contribution is 9.10. The molecule has 0 aliphatic heterocycles. The molecule has 0 unspecified atom stereocenters. The van der Waals surface area contributed by atoms with E-state index in [0.29, 0.717) is 24.7 Å². The van der Waals surface area contributed by atoms with Crippen LogP contribution in [0.25, 0.3) is 0 Å². The summed E-state index contributed by atoms with van der Waals surface area (Å²) >= 11 is 3.55. The molecule has 0 radical (unpaired) electrons. The molecule has 0 aliphatic rings. The molecule has 0 fully saturated rings. The maximum atomic E-state index is 12.1. The van der Waals surface area contributed by atoms with Crippen LogP contribution in [0.15, 0.2) is 70.2 Å². The number of anilines is 1. The Balaban J connectivity index is 1.67. The fourth-order valence-corrected chi connectivity index (χ4v) is 3.44. The van der Waals surface area contributed by atoms with Crippen LogP contribution in [-0.2, 0) is 6.61 Å². The van der Waals surface area contributed by atoms with Gasteiger partial charge in [0, 0.05) is 15.7 Å². The van der Waals surface area contributed by atoms with Crippen LogP contribution >= 0.6 is 15.9 Å². The van der Waals surface area contributed by atoms with Crippen molar-refractivity contribution >= 4 is 33.9 Å². The average molecular weight is 496 g/mol. The molecule has 3 aromatic rings. The summed E-state index contributed by atoms with van der Waals surface area (Å²) in [5, 5.41) is 6.82. The van der Waals surface area contributed by atoms with E-state index < -0.39 is 6.03 Å². The molecule has 2 amide bonds. The summed E-state index contributed by atoms with van der Waals surface area (Å²) < 4.78 is 12.5. The van der Waals surface area contributed by atoms with Gasteiger partial charge in [0.1, 0.15) is 6.61 Å². The maximum absolute atomic E-state index is 12.1. The summed E-state index contributed by atoms with van der Waals surface area (Å²) in [6.07, 6.45) is 1.55. The second-order valence-corrected chi connectivity index (χ2v) is 8.02. The number of para-hydroxylation sites is 1. The number of nitrogens with one attached hydrogen (secondary N) is 2. The number of rotatable bonds is 8. The molecule has 166 valence electrons. The topological polar surface area (TPSA) is 72.0 Å². The monoisotopic (exact) mass is 495 g/mol. The maximum Gasteiger partial charge on any atom is 0.339 e. The van der Waals surface area contributed by atoms with E-state index in [9.17, 15) is 4.79 Å². The van der Waals surface area contributed by atoms with Gasteiger partial charge in [-0.05, 0) is 66.0 Å². The minimum Gasteiger partial charge on any atom is -0.490 e. The Morgan fingerprint density at radius 1 is 1.03 bits per heavy atom. The van der Waals surface area contributed by atoms with E-state index in [-0.39, 0.29) is 0 Å². The number of amides is 2. The first-order chi connectivity index (χ1) is 15.5. The summed E-state index contributed by atoms with van der Waals surface area (Å²) in [5.74, 6) is 1.23. The van der Waals surface area contributed by atoms with E-state index >= 15 is 0 Å². The van der Waals surface area contributed by atoms with Gasteiger partial charge in [0.05, 0.1) is 12.8 Å². The van der Waals surface area contributed by atoms with Crippen LogP contribution in [0, 0.1) is 13.8 Å². The first-order valence-electron chi connectivity index (χ1n) is 10.3. The van der Waals surface area contributed by atoms with Crippen LogP contribution in [0.3, 0.4) is 0 Å². The van der Waals surface area contributed by atoms with E-state index in [1.165, 1.54) is 5.56 Å². The van der Waals surface area contributed by atoms with Gasteiger partial charge in [0.2, 0.25) is 0 Å². The van der Waals surface area contributed by atoms with E-state index in [4.69, 9.17) is 9.47 Å². The highest BCUT2D eigenvalue weighted by Gasteiger charge is 2.11. The number of hydrazone groups is 1. The van der Waals surface area contributed by atoms with Gasteiger partial charge in [-0.1, -0.05) is 48.0 Å². The smallest absolute Gasteiger partial charge is 0.339 e. The van der Waals surface area contributed by atoms with Gasteiger partial charge >= 0.3 is 6.03 Å². The van der Waals surface area contributed by atoms with Gasteiger partial charge in [0.25, 0.3) is 0 Å². The first-order valence-corrected chi connectivity index (χ1v) is 11.1. The number of aryl methyl sites for hydroxylation is 2. The minimum absolute atomic E-state index is 0.421. The Morgan fingerprint density at radius 3 is 2.56 bits per heavy atom. The third kappa shape index (κ3) is 6.59. The Morgan fingerprint density at radius 2 is 1.81 bits per heavy atom. The molecule has 3 rings (SSSR count). The van der Waals surface area contributed by atoms with Gasteiger partial charge in [-0.2, -0.15) is 5.10 Å². The van der Waals surface area contributed by atoms with Gasteiger partial charge < -0.3 is 14.8 Å². The Kier molecular flexibility index (Phi) is 8.27. The summed E-state index contributed by atoms with van der Waals surface area (Å²) in [6.45, 7) is 6.82. The molecule has 3 aromatic carbocycles. The van der Waals surface area contributed by atoms with Crippen molar-refractivity contribution in [3.63, 3.8) is 0 Å².